The van der Waals surface area contributed by atoms with Crippen molar-refractivity contribution in [3.8, 4) is 0 Å². The first-order valence-corrected chi connectivity index (χ1v) is 8.28. The van der Waals surface area contributed by atoms with Crippen molar-refractivity contribution >= 4 is 39.9 Å². The number of benzene rings is 2. The summed E-state index contributed by atoms with van der Waals surface area (Å²) in [7, 11) is 0. The highest BCUT2D eigenvalue weighted by molar-refractivity contribution is 6.37. The summed E-state index contributed by atoms with van der Waals surface area (Å²) in [5, 5.41) is 2.35. The fourth-order valence-corrected chi connectivity index (χ4v) is 4.81. The van der Waals surface area contributed by atoms with Crippen LogP contribution in [0.1, 0.15) is 6.42 Å². The van der Waals surface area contributed by atoms with Crippen LogP contribution < -0.4 is 4.90 Å². The third-order valence-corrected chi connectivity index (χ3v) is 5.89. The number of imide groups is 1. The SMILES string of the molecule is O=C1C2[C@H]3C=C[C@H](C3)[C@H]2C(=O)N1c1ccc(Cl)c2ccccc12. The van der Waals surface area contributed by atoms with Crippen LogP contribution in [-0.2, 0) is 9.59 Å². The average molecular weight is 324 g/mol. The zero-order valence-corrected chi connectivity index (χ0v) is 13.0. The fourth-order valence-electron chi connectivity index (χ4n) is 4.58. The molecule has 0 aromatic heterocycles. The van der Waals surface area contributed by atoms with Crippen molar-refractivity contribution in [2.24, 2.45) is 23.7 Å². The molecule has 0 spiro atoms. The summed E-state index contributed by atoms with van der Waals surface area (Å²) < 4.78 is 0. The summed E-state index contributed by atoms with van der Waals surface area (Å²) in [5.41, 5.74) is 0.661. The Morgan fingerprint density at radius 3 is 2.13 bits per heavy atom. The molecule has 23 heavy (non-hydrogen) atoms. The predicted octanol–water partition coefficient (Wildman–Crippen LogP) is 3.80. The molecule has 1 saturated heterocycles. The molecule has 3 aliphatic rings. The van der Waals surface area contributed by atoms with Gasteiger partial charge in [0.25, 0.3) is 0 Å². The number of rotatable bonds is 1. The van der Waals surface area contributed by atoms with Crippen LogP contribution in [0.15, 0.2) is 48.6 Å². The Bertz CT molecular complexity index is 873. The smallest absolute Gasteiger partial charge is 0.238 e. The molecule has 114 valence electrons. The van der Waals surface area contributed by atoms with Crippen LogP contribution in [0.25, 0.3) is 10.8 Å². The van der Waals surface area contributed by atoms with Crippen molar-refractivity contribution < 1.29 is 9.59 Å². The Hall–Kier alpha value is -2.13. The second kappa shape index (κ2) is 4.45. The highest BCUT2D eigenvalue weighted by Gasteiger charge is 2.59. The van der Waals surface area contributed by atoms with Gasteiger partial charge in [-0.3, -0.25) is 9.59 Å². The highest BCUT2D eigenvalue weighted by Crippen LogP contribution is 2.53. The number of carbonyl (C=O) groups excluding carboxylic acids is 2. The van der Waals surface area contributed by atoms with E-state index in [0.717, 1.165) is 17.2 Å². The van der Waals surface area contributed by atoms with Gasteiger partial charge in [0.1, 0.15) is 0 Å². The molecule has 0 N–H and O–H groups in total. The quantitative estimate of drug-likeness (QED) is 0.591. The van der Waals surface area contributed by atoms with Gasteiger partial charge < -0.3 is 0 Å². The number of hydrogen-bond donors (Lipinski definition) is 0. The molecule has 2 bridgehead atoms. The van der Waals surface area contributed by atoms with Gasteiger partial charge in [0, 0.05) is 15.8 Å². The number of hydrogen-bond acceptors (Lipinski definition) is 2. The number of halogens is 1. The van der Waals surface area contributed by atoms with Gasteiger partial charge in [0.05, 0.1) is 17.5 Å². The van der Waals surface area contributed by atoms with E-state index in [4.69, 9.17) is 11.6 Å². The molecule has 1 saturated carbocycles. The molecular formula is C19H14ClNO2. The first-order valence-electron chi connectivity index (χ1n) is 7.90. The van der Waals surface area contributed by atoms with Crippen molar-refractivity contribution in [2.45, 2.75) is 6.42 Å². The molecule has 4 heteroatoms. The van der Waals surface area contributed by atoms with Crippen molar-refractivity contribution in [2.75, 3.05) is 4.90 Å². The zero-order chi connectivity index (χ0) is 15.7. The lowest BCUT2D eigenvalue weighted by atomic mass is 9.85. The van der Waals surface area contributed by atoms with Gasteiger partial charge in [-0.05, 0) is 30.4 Å². The second-order valence-electron chi connectivity index (χ2n) is 6.62. The summed E-state index contributed by atoms with van der Waals surface area (Å²) in [5.74, 6) is 0.00237. The minimum atomic E-state index is -0.174. The van der Waals surface area contributed by atoms with Gasteiger partial charge in [-0.25, -0.2) is 4.90 Å². The van der Waals surface area contributed by atoms with Gasteiger partial charge in [-0.2, -0.15) is 0 Å². The molecule has 2 aromatic carbocycles. The summed E-state index contributed by atoms with van der Waals surface area (Å²) in [6.45, 7) is 0. The first-order chi connectivity index (χ1) is 11.2. The number of anilines is 1. The molecule has 2 aliphatic carbocycles. The van der Waals surface area contributed by atoms with Crippen LogP contribution in [0.5, 0.6) is 0 Å². The van der Waals surface area contributed by atoms with Crippen molar-refractivity contribution in [3.05, 3.63) is 53.6 Å². The molecule has 3 nitrogen and oxygen atoms in total. The monoisotopic (exact) mass is 323 g/mol. The maximum atomic E-state index is 13.0. The predicted molar refractivity (Wildman–Crippen MR) is 89.2 cm³/mol. The van der Waals surface area contributed by atoms with Crippen molar-refractivity contribution in [1.82, 2.24) is 0 Å². The lowest BCUT2D eigenvalue weighted by molar-refractivity contribution is -0.123. The minimum absolute atomic E-state index is 0.0516. The molecule has 2 aromatic rings. The third-order valence-electron chi connectivity index (χ3n) is 5.56. The van der Waals surface area contributed by atoms with Crippen molar-refractivity contribution in [1.29, 1.82) is 0 Å². The molecule has 4 atom stereocenters. The van der Waals surface area contributed by atoms with E-state index in [9.17, 15) is 9.59 Å². The maximum absolute atomic E-state index is 13.0. The van der Waals surface area contributed by atoms with Crippen LogP contribution in [0.4, 0.5) is 5.69 Å². The van der Waals surface area contributed by atoms with Gasteiger partial charge in [0.15, 0.2) is 0 Å². The highest BCUT2D eigenvalue weighted by atomic mass is 35.5. The van der Waals surface area contributed by atoms with E-state index in [-0.39, 0.29) is 35.5 Å². The molecular weight excluding hydrogens is 310 g/mol. The van der Waals surface area contributed by atoms with Gasteiger partial charge >= 0.3 is 0 Å². The Morgan fingerprint density at radius 2 is 1.48 bits per heavy atom. The van der Waals surface area contributed by atoms with Gasteiger partial charge in [-0.15, -0.1) is 0 Å². The number of nitrogens with zero attached hydrogens (tertiary/aromatic N) is 1. The van der Waals surface area contributed by atoms with Crippen LogP contribution >= 0.6 is 11.6 Å². The van der Waals surface area contributed by atoms with Gasteiger partial charge in [-0.1, -0.05) is 48.0 Å². The second-order valence-corrected chi connectivity index (χ2v) is 7.03. The number of allylic oxidation sites excluding steroid dienone is 2. The van der Waals surface area contributed by atoms with E-state index in [0.29, 0.717) is 10.7 Å². The molecule has 1 aliphatic heterocycles. The van der Waals surface area contributed by atoms with Crippen LogP contribution in [0.3, 0.4) is 0 Å². The van der Waals surface area contributed by atoms with E-state index in [2.05, 4.69) is 12.2 Å². The molecule has 0 radical (unpaired) electrons. The van der Waals surface area contributed by atoms with E-state index in [1.165, 1.54) is 4.90 Å². The lowest BCUT2D eigenvalue weighted by Crippen LogP contribution is -2.33. The molecule has 1 heterocycles. The molecule has 2 amide bonds. The number of carbonyl (C=O) groups is 2. The minimum Gasteiger partial charge on any atom is -0.274 e. The number of amides is 2. The van der Waals surface area contributed by atoms with Crippen LogP contribution in [0, 0.1) is 23.7 Å². The Kier molecular flexibility index (Phi) is 2.58. The van der Waals surface area contributed by atoms with E-state index < -0.39 is 0 Å². The third kappa shape index (κ3) is 1.61. The fraction of sp³-hybridized carbons (Fsp3) is 0.263. The largest absolute Gasteiger partial charge is 0.274 e. The summed E-state index contributed by atoms with van der Waals surface area (Å²) in [6.07, 6.45) is 5.17. The number of fused-ring (bicyclic) bond motifs is 6. The van der Waals surface area contributed by atoms with Gasteiger partial charge in [0.2, 0.25) is 11.8 Å². The van der Waals surface area contributed by atoms with Crippen LogP contribution in [-0.4, -0.2) is 11.8 Å². The van der Waals surface area contributed by atoms with E-state index in [1.54, 1.807) is 12.1 Å². The average Bonchev–Trinajstić information content (AvgIpc) is 3.24. The lowest BCUT2D eigenvalue weighted by Gasteiger charge is -2.19. The Labute approximate surface area is 138 Å². The summed E-state index contributed by atoms with van der Waals surface area (Å²) in [6, 6.07) is 11.2. The van der Waals surface area contributed by atoms with E-state index >= 15 is 0 Å². The van der Waals surface area contributed by atoms with Crippen molar-refractivity contribution in [3.63, 3.8) is 0 Å². The Balaban J connectivity index is 1.68. The molecule has 5 rings (SSSR count). The zero-order valence-electron chi connectivity index (χ0n) is 12.3. The van der Waals surface area contributed by atoms with E-state index in [1.807, 2.05) is 24.3 Å². The summed E-state index contributed by atoms with van der Waals surface area (Å²) >= 11 is 6.26. The molecule has 2 fully saturated rings. The standard InChI is InChI=1S/C19H14ClNO2/c20-14-7-8-15(13-4-2-1-3-12(13)14)21-18(22)16-10-5-6-11(9-10)17(16)19(21)23/h1-8,10-11,16-17H,9H2/t10-,11+,16-,17?/m1/s1. The Morgan fingerprint density at radius 1 is 0.870 bits per heavy atom. The normalized spacial score (nSPS) is 31.4. The van der Waals surface area contributed by atoms with Crippen LogP contribution in [0.2, 0.25) is 5.02 Å². The first kappa shape index (κ1) is 13.3. The molecule has 1 unspecified atom stereocenters. The maximum Gasteiger partial charge on any atom is 0.238 e. The topological polar surface area (TPSA) is 37.4 Å². The summed E-state index contributed by atoms with van der Waals surface area (Å²) in [4.78, 5) is 27.3.